The van der Waals surface area contributed by atoms with Crippen LogP contribution in [0.2, 0.25) is 0 Å². The molecule has 16 heavy (non-hydrogen) atoms. The van der Waals surface area contributed by atoms with E-state index >= 15 is 0 Å². The number of hydrogen-bond acceptors (Lipinski definition) is 3. The van der Waals surface area contributed by atoms with Gasteiger partial charge in [-0.25, -0.2) is 0 Å². The fraction of sp³-hybridized carbons (Fsp3) is 0.538. The maximum Gasteiger partial charge on any atom is 0.125 e. The summed E-state index contributed by atoms with van der Waals surface area (Å²) in [7, 11) is 0. The molecular formula is C13H18O3. The van der Waals surface area contributed by atoms with E-state index in [-0.39, 0.29) is 6.10 Å². The Morgan fingerprint density at radius 2 is 2.25 bits per heavy atom. The Kier molecular flexibility index (Phi) is 3.80. The van der Waals surface area contributed by atoms with E-state index in [9.17, 15) is 5.11 Å². The summed E-state index contributed by atoms with van der Waals surface area (Å²) in [6, 6.07) is 7.62. The molecule has 0 spiro atoms. The molecule has 0 aliphatic carbocycles. The SMILES string of the molecule is C[C@H](O)c1ccccc1OC1CCCOC1. The molecular weight excluding hydrogens is 204 g/mol. The highest BCUT2D eigenvalue weighted by atomic mass is 16.5. The van der Waals surface area contributed by atoms with Gasteiger partial charge in [-0.3, -0.25) is 0 Å². The maximum absolute atomic E-state index is 9.62. The third kappa shape index (κ3) is 2.74. The van der Waals surface area contributed by atoms with Crippen molar-refractivity contribution in [3.05, 3.63) is 29.8 Å². The Bertz CT molecular complexity index is 330. The highest BCUT2D eigenvalue weighted by Crippen LogP contribution is 2.26. The molecule has 0 bridgehead atoms. The molecule has 1 heterocycles. The van der Waals surface area contributed by atoms with Gasteiger partial charge in [-0.15, -0.1) is 0 Å². The Balaban J connectivity index is 2.07. The molecule has 0 saturated carbocycles. The number of benzene rings is 1. The molecule has 1 aromatic rings. The molecule has 1 unspecified atom stereocenters. The van der Waals surface area contributed by atoms with Gasteiger partial charge in [-0.1, -0.05) is 18.2 Å². The largest absolute Gasteiger partial charge is 0.488 e. The van der Waals surface area contributed by atoms with Crippen LogP contribution in [0.5, 0.6) is 5.75 Å². The van der Waals surface area contributed by atoms with Gasteiger partial charge in [0.2, 0.25) is 0 Å². The Morgan fingerprint density at radius 1 is 1.44 bits per heavy atom. The molecule has 1 N–H and O–H groups in total. The van der Waals surface area contributed by atoms with Crippen LogP contribution in [0.4, 0.5) is 0 Å². The fourth-order valence-electron chi connectivity index (χ4n) is 1.92. The summed E-state index contributed by atoms with van der Waals surface area (Å²) < 4.78 is 11.2. The standard InChI is InChI=1S/C13H18O3/c1-10(14)12-6-2-3-7-13(12)16-11-5-4-8-15-9-11/h2-3,6-7,10-11,14H,4-5,8-9H2,1H3/t10-,11?/m0/s1. The van der Waals surface area contributed by atoms with Crippen LogP contribution in [0.3, 0.4) is 0 Å². The van der Waals surface area contributed by atoms with Crippen molar-refractivity contribution in [3.8, 4) is 5.75 Å². The van der Waals surface area contributed by atoms with E-state index in [1.807, 2.05) is 24.3 Å². The lowest BCUT2D eigenvalue weighted by Crippen LogP contribution is -2.28. The number of aliphatic hydroxyl groups is 1. The summed E-state index contributed by atoms with van der Waals surface area (Å²) in [4.78, 5) is 0. The van der Waals surface area contributed by atoms with Gasteiger partial charge in [-0.2, -0.15) is 0 Å². The molecule has 1 aliphatic heterocycles. The second-order valence-electron chi connectivity index (χ2n) is 4.17. The summed E-state index contributed by atoms with van der Waals surface area (Å²) in [5, 5.41) is 9.62. The molecule has 1 aliphatic rings. The van der Waals surface area contributed by atoms with Gasteiger partial charge in [0.15, 0.2) is 0 Å². The van der Waals surface area contributed by atoms with Gasteiger partial charge in [0.25, 0.3) is 0 Å². The van der Waals surface area contributed by atoms with Crippen molar-refractivity contribution in [1.82, 2.24) is 0 Å². The minimum absolute atomic E-state index is 0.119. The number of aliphatic hydroxyl groups excluding tert-OH is 1. The van der Waals surface area contributed by atoms with Gasteiger partial charge in [0, 0.05) is 12.2 Å². The summed E-state index contributed by atoms with van der Waals surface area (Å²) >= 11 is 0. The second-order valence-corrected chi connectivity index (χ2v) is 4.17. The van der Waals surface area contributed by atoms with Crippen molar-refractivity contribution in [1.29, 1.82) is 0 Å². The molecule has 3 heteroatoms. The summed E-state index contributed by atoms with van der Waals surface area (Å²) in [6.45, 7) is 3.23. The Labute approximate surface area is 96.0 Å². The van der Waals surface area contributed by atoms with Crippen LogP contribution in [0, 0.1) is 0 Å². The van der Waals surface area contributed by atoms with Gasteiger partial charge in [0.05, 0.1) is 12.7 Å². The van der Waals surface area contributed by atoms with Gasteiger partial charge < -0.3 is 14.6 Å². The molecule has 1 fully saturated rings. The molecule has 2 atom stereocenters. The molecule has 0 radical (unpaired) electrons. The smallest absolute Gasteiger partial charge is 0.125 e. The zero-order valence-corrected chi connectivity index (χ0v) is 9.56. The van der Waals surface area contributed by atoms with E-state index in [0.717, 1.165) is 30.8 Å². The zero-order chi connectivity index (χ0) is 11.4. The Hall–Kier alpha value is -1.06. The van der Waals surface area contributed by atoms with Crippen molar-refractivity contribution in [3.63, 3.8) is 0 Å². The number of para-hydroxylation sites is 1. The van der Waals surface area contributed by atoms with Crippen LogP contribution in [-0.2, 0) is 4.74 Å². The van der Waals surface area contributed by atoms with E-state index in [2.05, 4.69) is 0 Å². The predicted octanol–water partition coefficient (Wildman–Crippen LogP) is 2.30. The molecule has 88 valence electrons. The minimum atomic E-state index is -0.499. The highest BCUT2D eigenvalue weighted by molar-refractivity contribution is 5.34. The van der Waals surface area contributed by atoms with Crippen LogP contribution in [0.1, 0.15) is 31.4 Å². The van der Waals surface area contributed by atoms with Crippen LogP contribution < -0.4 is 4.74 Å². The van der Waals surface area contributed by atoms with E-state index < -0.39 is 6.10 Å². The van der Waals surface area contributed by atoms with Crippen molar-refractivity contribution < 1.29 is 14.6 Å². The lowest BCUT2D eigenvalue weighted by atomic mass is 10.1. The van der Waals surface area contributed by atoms with Gasteiger partial charge in [-0.05, 0) is 25.8 Å². The molecule has 3 nitrogen and oxygen atoms in total. The maximum atomic E-state index is 9.62. The van der Waals surface area contributed by atoms with Crippen LogP contribution >= 0.6 is 0 Å². The summed E-state index contributed by atoms with van der Waals surface area (Å²) in [5.41, 5.74) is 0.841. The predicted molar refractivity (Wildman–Crippen MR) is 61.5 cm³/mol. The quantitative estimate of drug-likeness (QED) is 0.852. The van der Waals surface area contributed by atoms with Crippen LogP contribution in [-0.4, -0.2) is 24.4 Å². The Morgan fingerprint density at radius 3 is 2.94 bits per heavy atom. The third-order valence-electron chi connectivity index (χ3n) is 2.78. The average molecular weight is 222 g/mol. The monoisotopic (exact) mass is 222 g/mol. The van der Waals surface area contributed by atoms with E-state index in [1.165, 1.54) is 0 Å². The first-order valence-electron chi connectivity index (χ1n) is 5.79. The first kappa shape index (κ1) is 11.4. The number of rotatable bonds is 3. The van der Waals surface area contributed by atoms with Crippen LogP contribution in [0.15, 0.2) is 24.3 Å². The normalized spacial score (nSPS) is 22.8. The van der Waals surface area contributed by atoms with Crippen molar-refractivity contribution in [2.75, 3.05) is 13.2 Å². The van der Waals surface area contributed by atoms with E-state index in [0.29, 0.717) is 6.61 Å². The molecule has 0 aromatic heterocycles. The molecule has 1 saturated heterocycles. The topological polar surface area (TPSA) is 38.7 Å². The molecule has 1 aromatic carbocycles. The van der Waals surface area contributed by atoms with Crippen molar-refractivity contribution in [2.24, 2.45) is 0 Å². The van der Waals surface area contributed by atoms with E-state index in [4.69, 9.17) is 9.47 Å². The first-order chi connectivity index (χ1) is 7.77. The highest BCUT2D eigenvalue weighted by Gasteiger charge is 2.17. The molecule has 2 rings (SSSR count). The summed E-state index contributed by atoms with van der Waals surface area (Å²) in [6.07, 6.45) is 1.68. The number of ether oxygens (including phenoxy) is 2. The fourth-order valence-corrected chi connectivity index (χ4v) is 1.92. The van der Waals surface area contributed by atoms with Gasteiger partial charge >= 0.3 is 0 Å². The third-order valence-corrected chi connectivity index (χ3v) is 2.78. The second kappa shape index (κ2) is 5.32. The minimum Gasteiger partial charge on any atom is -0.488 e. The van der Waals surface area contributed by atoms with Crippen molar-refractivity contribution in [2.45, 2.75) is 32.0 Å². The first-order valence-corrected chi connectivity index (χ1v) is 5.79. The van der Waals surface area contributed by atoms with Crippen molar-refractivity contribution >= 4 is 0 Å². The lowest BCUT2D eigenvalue weighted by molar-refractivity contribution is 0.00614. The molecule has 0 amide bonds. The lowest BCUT2D eigenvalue weighted by Gasteiger charge is -2.24. The average Bonchev–Trinajstić information content (AvgIpc) is 2.31. The summed E-state index contributed by atoms with van der Waals surface area (Å²) in [5.74, 6) is 0.771. The van der Waals surface area contributed by atoms with Crippen LogP contribution in [0.25, 0.3) is 0 Å². The van der Waals surface area contributed by atoms with Gasteiger partial charge in [0.1, 0.15) is 11.9 Å². The van der Waals surface area contributed by atoms with E-state index in [1.54, 1.807) is 6.92 Å². The zero-order valence-electron chi connectivity index (χ0n) is 9.56. The number of hydrogen-bond donors (Lipinski definition) is 1.